The molecule has 0 aliphatic heterocycles. The fraction of sp³-hybridized carbons (Fsp3) is 0.333. The highest BCUT2D eigenvalue weighted by Crippen LogP contribution is 2.30. The minimum atomic E-state index is 0. The molecule has 2 heteroatoms. The Hall–Kier alpha value is -1.02. The maximum atomic E-state index is 5.18. The van der Waals surface area contributed by atoms with Crippen molar-refractivity contribution in [3.05, 3.63) is 29.3 Å². The average molecular weight is 151 g/mol. The smallest absolute Gasteiger partial charge is 0.122 e. The summed E-state index contributed by atoms with van der Waals surface area (Å²) in [6.07, 6.45) is 2.42. The van der Waals surface area contributed by atoms with Gasteiger partial charge >= 0.3 is 0 Å². The lowest BCUT2D eigenvalue weighted by Crippen LogP contribution is -2.09. The van der Waals surface area contributed by atoms with Gasteiger partial charge in [-0.2, -0.15) is 0 Å². The van der Waals surface area contributed by atoms with E-state index in [2.05, 4.69) is 12.1 Å². The number of hydrogen-bond acceptors (Lipinski definition) is 2. The molecule has 0 saturated heterocycles. The number of methoxy groups -OCH3 is 1. The van der Waals surface area contributed by atoms with Crippen molar-refractivity contribution in [2.75, 3.05) is 7.11 Å². The third-order valence-corrected chi connectivity index (χ3v) is 2.09. The maximum absolute atomic E-state index is 5.18. The molecular formula is C9H13NO. The van der Waals surface area contributed by atoms with Crippen molar-refractivity contribution in [2.24, 2.45) is 0 Å². The van der Waals surface area contributed by atoms with Crippen LogP contribution in [0.15, 0.2) is 18.2 Å². The van der Waals surface area contributed by atoms with E-state index in [4.69, 9.17) is 4.74 Å². The van der Waals surface area contributed by atoms with Crippen LogP contribution in [-0.4, -0.2) is 7.11 Å². The molecule has 0 fully saturated rings. The number of aryl methyl sites for hydroxylation is 1. The van der Waals surface area contributed by atoms with Crippen LogP contribution in [-0.2, 0) is 12.8 Å². The van der Waals surface area contributed by atoms with E-state index in [1.807, 2.05) is 6.07 Å². The highest BCUT2D eigenvalue weighted by Gasteiger charge is 2.16. The van der Waals surface area contributed by atoms with Gasteiger partial charge in [0.15, 0.2) is 0 Å². The van der Waals surface area contributed by atoms with Crippen LogP contribution in [0, 0.1) is 0 Å². The molecule has 0 radical (unpaired) electrons. The summed E-state index contributed by atoms with van der Waals surface area (Å²) < 4.78 is 5.18. The number of fused-ring (bicyclic) bond motifs is 1. The molecule has 1 aliphatic rings. The van der Waals surface area contributed by atoms with Crippen LogP contribution in [0.25, 0.3) is 0 Å². The van der Waals surface area contributed by atoms with Gasteiger partial charge in [-0.1, -0.05) is 12.1 Å². The molecule has 0 bridgehead atoms. The molecule has 0 saturated carbocycles. The molecule has 2 rings (SSSR count). The van der Waals surface area contributed by atoms with E-state index in [1.165, 1.54) is 24.0 Å². The zero-order valence-corrected chi connectivity index (χ0v) is 6.76. The van der Waals surface area contributed by atoms with Gasteiger partial charge in [0.25, 0.3) is 0 Å². The molecule has 1 aromatic rings. The fourth-order valence-corrected chi connectivity index (χ4v) is 1.40. The zero-order chi connectivity index (χ0) is 6.97. The monoisotopic (exact) mass is 151 g/mol. The number of ether oxygens (including phenoxy) is 1. The molecule has 1 aliphatic carbocycles. The van der Waals surface area contributed by atoms with E-state index in [9.17, 15) is 0 Å². The molecule has 0 aromatic heterocycles. The normalized spacial score (nSPS) is 12.5. The molecule has 3 N–H and O–H groups in total. The van der Waals surface area contributed by atoms with Gasteiger partial charge < -0.3 is 10.9 Å². The van der Waals surface area contributed by atoms with Crippen LogP contribution in [0.2, 0.25) is 0 Å². The van der Waals surface area contributed by atoms with Crippen LogP contribution in [0.3, 0.4) is 0 Å². The second-order valence-electron chi connectivity index (χ2n) is 2.60. The van der Waals surface area contributed by atoms with Crippen molar-refractivity contribution in [2.45, 2.75) is 12.8 Å². The van der Waals surface area contributed by atoms with E-state index in [1.54, 1.807) is 7.11 Å². The van der Waals surface area contributed by atoms with Gasteiger partial charge in [-0.05, 0) is 30.0 Å². The number of rotatable bonds is 1. The van der Waals surface area contributed by atoms with Crippen LogP contribution in [0.4, 0.5) is 0 Å². The standard InChI is InChI=1S/C9H10O.H3N/c1-10-9-4-2-3-7-5-6-8(7)9;/h2-4H,5-6H2,1H3;1H3. The van der Waals surface area contributed by atoms with E-state index in [0.717, 1.165) is 5.75 Å². The van der Waals surface area contributed by atoms with Gasteiger partial charge in [0.1, 0.15) is 5.75 Å². The summed E-state index contributed by atoms with van der Waals surface area (Å²) in [6.45, 7) is 0. The van der Waals surface area contributed by atoms with Crippen molar-refractivity contribution < 1.29 is 4.74 Å². The molecular weight excluding hydrogens is 138 g/mol. The minimum absolute atomic E-state index is 0. The summed E-state index contributed by atoms with van der Waals surface area (Å²) in [4.78, 5) is 0. The summed E-state index contributed by atoms with van der Waals surface area (Å²) >= 11 is 0. The molecule has 0 unspecified atom stereocenters. The van der Waals surface area contributed by atoms with Gasteiger partial charge in [0.2, 0.25) is 0 Å². The Kier molecular flexibility index (Phi) is 2.15. The second kappa shape index (κ2) is 2.93. The van der Waals surface area contributed by atoms with Crippen LogP contribution < -0.4 is 10.9 Å². The third-order valence-electron chi connectivity index (χ3n) is 2.09. The number of benzene rings is 1. The Morgan fingerprint density at radius 3 is 2.55 bits per heavy atom. The molecule has 11 heavy (non-hydrogen) atoms. The lowest BCUT2D eigenvalue weighted by molar-refractivity contribution is 0.405. The molecule has 0 amide bonds. The quantitative estimate of drug-likeness (QED) is 0.666. The highest BCUT2D eigenvalue weighted by molar-refractivity contribution is 5.45. The Balaban J connectivity index is 0.000000605. The van der Waals surface area contributed by atoms with Crippen molar-refractivity contribution in [1.29, 1.82) is 0 Å². The van der Waals surface area contributed by atoms with Crippen molar-refractivity contribution in [3.63, 3.8) is 0 Å². The molecule has 0 spiro atoms. The molecule has 60 valence electrons. The Labute approximate surface area is 66.8 Å². The average Bonchev–Trinajstić information content (AvgIpc) is 1.91. The van der Waals surface area contributed by atoms with Gasteiger partial charge in [0.05, 0.1) is 7.11 Å². The summed E-state index contributed by atoms with van der Waals surface area (Å²) in [5, 5.41) is 0. The van der Waals surface area contributed by atoms with Crippen LogP contribution in [0.5, 0.6) is 5.75 Å². The zero-order valence-electron chi connectivity index (χ0n) is 6.76. The summed E-state index contributed by atoms with van der Waals surface area (Å²) in [5.41, 5.74) is 2.87. The predicted octanol–water partition coefficient (Wildman–Crippen LogP) is 1.96. The highest BCUT2D eigenvalue weighted by atomic mass is 16.5. The van der Waals surface area contributed by atoms with Crippen LogP contribution in [0.1, 0.15) is 11.1 Å². The Bertz CT molecular complexity index is 258. The van der Waals surface area contributed by atoms with Crippen molar-refractivity contribution >= 4 is 0 Å². The molecule has 0 heterocycles. The summed E-state index contributed by atoms with van der Waals surface area (Å²) in [7, 11) is 1.73. The predicted molar refractivity (Wildman–Crippen MR) is 45.4 cm³/mol. The van der Waals surface area contributed by atoms with E-state index in [-0.39, 0.29) is 6.15 Å². The number of hydrogen-bond donors (Lipinski definition) is 1. The molecule has 1 aromatic carbocycles. The maximum Gasteiger partial charge on any atom is 0.122 e. The van der Waals surface area contributed by atoms with Crippen LogP contribution >= 0.6 is 0 Å². The van der Waals surface area contributed by atoms with E-state index >= 15 is 0 Å². The van der Waals surface area contributed by atoms with Crippen molar-refractivity contribution in [1.82, 2.24) is 6.15 Å². The van der Waals surface area contributed by atoms with Gasteiger partial charge in [0, 0.05) is 0 Å². The lowest BCUT2D eigenvalue weighted by Gasteiger charge is -2.20. The first-order valence-corrected chi connectivity index (χ1v) is 3.56. The first-order valence-electron chi connectivity index (χ1n) is 3.56. The SMILES string of the molecule is COc1cccc2c1CC2.N. The molecule has 0 atom stereocenters. The van der Waals surface area contributed by atoms with Crippen molar-refractivity contribution in [3.8, 4) is 5.75 Å². The van der Waals surface area contributed by atoms with E-state index in [0.29, 0.717) is 0 Å². The third kappa shape index (κ3) is 1.10. The topological polar surface area (TPSA) is 44.2 Å². The Morgan fingerprint density at radius 2 is 2.09 bits per heavy atom. The largest absolute Gasteiger partial charge is 0.496 e. The molecule has 2 nitrogen and oxygen atoms in total. The van der Waals surface area contributed by atoms with Gasteiger partial charge in [-0.3, -0.25) is 0 Å². The minimum Gasteiger partial charge on any atom is -0.496 e. The Morgan fingerprint density at radius 1 is 1.27 bits per heavy atom. The van der Waals surface area contributed by atoms with Gasteiger partial charge in [-0.25, -0.2) is 0 Å². The second-order valence-corrected chi connectivity index (χ2v) is 2.60. The first kappa shape index (κ1) is 8.08. The fourth-order valence-electron chi connectivity index (χ4n) is 1.40. The summed E-state index contributed by atoms with van der Waals surface area (Å²) in [5.74, 6) is 1.06. The summed E-state index contributed by atoms with van der Waals surface area (Å²) in [6, 6.07) is 6.25. The van der Waals surface area contributed by atoms with Gasteiger partial charge in [-0.15, -0.1) is 0 Å². The lowest BCUT2D eigenvalue weighted by atomic mass is 9.88. The van der Waals surface area contributed by atoms with E-state index < -0.39 is 0 Å². The first-order chi connectivity index (χ1) is 4.92.